The highest BCUT2D eigenvalue weighted by atomic mass is 19.1. The van der Waals surface area contributed by atoms with Crippen LogP contribution in [-0.2, 0) is 14.3 Å². The molecule has 1 aromatic heterocycles. The predicted molar refractivity (Wildman–Crippen MR) is 84.6 cm³/mol. The van der Waals surface area contributed by atoms with E-state index in [4.69, 9.17) is 9.47 Å². The Morgan fingerprint density at radius 3 is 2.88 bits per heavy atom. The smallest absolute Gasteiger partial charge is 0.330 e. The molecule has 8 nitrogen and oxygen atoms in total. The Hall–Kier alpha value is -2.48. The Morgan fingerprint density at radius 1 is 1.64 bits per heavy atom. The number of aromatic nitrogens is 2. The second-order valence-electron chi connectivity index (χ2n) is 5.95. The number of rotatable bonds is 5. The summed E-state index contributed by atoms with van der Waals surface area (Å²) in [7, 11) is 0. The molecule has 0 spiro atoms. The van der Waals surface area contributed by atoms with Crippen molar-refractivity contribution in [2.75, 3.05) is 6.61 Å². The first kappa shape index (κ1) is 18.9. The van der Waals surface area contributed by atoms with Crippen LogP contribution in [0.2, 0.25) is 0 Å². The number of carbonyl (C=O) groups is 1. The van der Waals surface area contributed by atoms with Crippen molar-refractivity contribution in [2.24, 2.45) is 5.92 Å². The number of nitrogens with zero attached hydrogens (tertiary/aromatic N) is 1. The fourth-order valence-electron chi connectivity index (χ4n) is 2.44. The van der Waals surface area contributed by atoms with Gasteiger partial charge in [0.05, 0.1) is 5.92 Å². The number of aromatic amines is 1. The molecule has 0 unspecified atom stereocenters. The quantitative estimate of drug-likeness (QED) is 0.571. The van der Waals surface area contributed by atoms with Crippen molar-refractivity contribution in [1.29, 1.82) is 0 Å². The van der Waals surface area contributed by atoms with Gasteiger partial charge < -0.3 is 14.6 Å². The Labute approximate surface area is 142 Å². The maximum absolute atomic E-state index is 15.3. The van der Waals surface area contributed by atoms with Crippen LogP contribution in [0.15, 0.2) is 40.2 Å². The Bertz CT molecular complexity index is 809. The van der Waals surface area contributed by atoms with Crippen LogP contribution < -0.4 is 11.2 Å². The Kier molecular flexibility index (Phi) is 5.42. The lowest BCUT2D eigenvalue weighted by molar-refractivity contribution is -0.153. The highest BCUT2D eigenvalue weighted by Crippen LogP contribution is 2.42. The molecule has 4 atom stereocenters. The monoisotopic (exact) mass is 354 g/mol. The van der Waals surface area contributed by atoms with Gasteiger partial charge in [-0.1, -0.05) is 20.4 Å². The zero-order valence-electron chi connectivity index (χ0n) is 13.8. The van der Waals surface area contributed by atoms with Crippen molar-refractivity contribution >= 4 is 5.97 Å². The minimum Gasteiger partial charge on any atom is -0.463 e. The molecule has 0 aromatic carbocycles. The van der Waals surface area contributed by atoms with Crippen LogP contribution in [0.5, 0.6) is 0 Å². The second kappa shape index (κ2) is 7.18. The predicted octanol–water partition coefficient (Wildman–Crippen LogP) is 0.0435. The van der Waals surface area contributed by atoms with Crippen molar-refractivity contribution < 1.29 is 23.8 Å². The molecule has 9 heteroatoms. The summed E-state index contributed by atoms with van der Waals surface area (Å²) in [5.41, 5.74) is -1.90. The molecule has 2 rings (SSSR count). The number of aliphatic hydroxyl groups excluding tert-OH is 1. The van der Waals surface area contributed by atoms with E-state index in [0.717, 1.165) is 22.9 Å². The molecule has 0 saturated carbocycles. The Morgan fingerprint density at radius 2 is 2.32 bits per heavy atom. The summed E-state index contributed by atoms with van der Waals surface area (Å²) >= 11 is 0. The molecule has 136 valence electrons. The molecule has 1 aliphatic rings. The molecule has 1 aromatic rings. The van der Waals surface area contributed by atoms with Crippen molar-refractivity contribution in [2.45, 2.75) is 38.0 Å². The van der Waals surface area contributed by atoms with Crippen molar-refractivity contribution in [1.82, 2.24) is 9.55 Å². The van der Waals surface area contributed by atoms with Crippen LogP contribution in [0.1, 0.15) is 20.1 Å². The van der Waals surface area contributed by atoms with E-state index in [1.165, 1.54) is 0 Å². The topological polar surface area (TPSA) is 111 Å². The number of esters is 1. The van der Waals surface area contributed by atoms with Gasteiger partial charge in [-0.25, -0.2) is 9.18 Å². The first-order valence-corrected chi connectivity index (χ1v) is 7.58. The fraction of sp³-hybridized carbons (Fsp3) is 0.500. The molecule has 0 radical (unpaired) electrons. The van der Waals surface area contributed by atoms with Gasteiger partial charge in [0.25, 0.3) is 5.56 Å². The van der Waals surface area contributed by atoms with Gasteiger partial charge in [0.1, 0.15) is 18.8 Å². The van der Waals surface area contributed by atoms with Gasteiger partial charge in [-0.15, -0.1) is 5.73 Å². The molecule has 25 heavy (non-hydrogen) atoms. The molecule has 1 fully saturated rings. The number of nitrogens with one attached hydrogen (secondary N) is 1. The highest BCUT2D eigenvalue weighted by molar-refractivity contribution is 5.71. The number of aliphatic hydroxyl groups is 1. The van der Waals surface area contributed by atoms with E-state index in [1.54, 1.807) is 13.8 Å². The van der Waals surface area contributed by atoms with Crippen LogP contribution >= 0.6 is 0 Å². The molecular formula is C16H19FN2O6. The standard InChI is InChI=1S/C16H19FN2O6/c1-4-6-16(17)12(21)10(8-24-13(22)9(2)3)25-14(16)19-7-5-11(20)18-15(19)23/h5-7,9-10,12,14,21H,1,8H2,2-3H3,(H,18,20,23)/t10-,12-,14-,16-/m1/s1. The van der Waals surface area contributed by atoms with E-state index in [9.17, 15) is 19.5 Å². The zero-order valence-corrected chi connectivity index (χ0v) is 13.8. The van der Waals surface area contributed by atoms with Crippen LogP contribution in [0.4, 0.5) is 4.39 Å². The second-order valence-corrected chi connectivity index (χ2v) is 5.95. The molecule has 0 amide bonds. The molecule has 2 heterocycles. The number of H-pyrrole nitrogens is 1. The number of hydrogen-bond acceptors (Lipinski definition) is 6. The number of alkyl halides is 1. The van der Waals surface area contributed by atoms with Gasteiger partial charge in [-0.2, -0.15) is 0 Å². The number of halogens is 1. The van der Waals surface area contributed by atoms with E-state index in [0.29, 0.717) is 0 Å². The van der Waals surface area contributed by atoms with Crippen LogP contribution in [0.3, 0.4) is 0 Å². The maximum Gasteiger partial charge on any atom is 0.330 e. The summed E-state index contributed by atoms with van der Waals surface area (Å²) in [6.45, 7) is 6.12. The highest BCUT2D eigenvalue weighted by Gasteiger charge is 2.57. The van der Waals surface area contributed by atoms with Gasteiger partial charge in [0, 0.05) is 18.3 Å². The van der Waals surface area contributed by atoms with E-state index in [1.807, 2.05) is 4.98 Å². The molecule has 0 aliphatic carbocycles. The Balaban J connectivity index is 2.35. The first-order valence-electron chi connectivity index (χ1n) is 7.58. The van der Waals surface area contributed by atoms with Gasteiger partial charge in [0.15, 0.2) is 6.23 Å². The molecule has 0 bridgehead atoms. The summed E-state index contributed by atoms with van der Waals surface area (Å²) < 4.78 is 26.5. The average Bonchev–Trinajstić information content (AvgIpc) is 2.77. The van der Waals surface area contributed by atoms with Gasteiger partial charge in [-0.05, 0) is 0 Å². The lowest BCUT2D eigenvalue weighted by Gasteiger charge is -2.25. The molecular weight excluding hydrogens is 335 g/mol. The molecule has 2 N–H and O–H groups in total. The van der Waals surface area contributed by atoms with Crippen LogP contribution in [-0.4, -0.2) is 45.1 Å². The largest absolute Gasteiger partial charge is 0.463 e. The molecule has 1 saturated heterocycles. The lowest BCUT2D eigenvalue weighted by Crippen LogP contribution is -2.44. The summed E-state index contributed by atoms with van der Waals surface area (Å²) in [6.07, 6.45) is -2.67. The number of ether oxygens (including phenoxy) is 2. The SMILES string of the molecule is C=C=C[C@@]1(F)[C@H](O)[C@@H](COC(=O)C(C)C)O[C@H]1n1ccc(=O)[nH]c1=O. The minimum absolute atomic E-state index is 0.399. The van der Waals surface area contributed by atoms with E-state index < -0.39 is 53.8 Å². The summed E-state index contributed by atoms with van der Waals surface area (Å²) in [6, 6.07) is 1.02. The summed E-state index contributed by atoms with van der Waals surface area (Å²) in [5.74, 6) is -0.941. The van der Waals surface area contributed by atoms with Crippen LogP contribution in [0, 0.1) is 5.92 Å². The van der Waals surface area contributed by atoms with E-state index in [-0.39, 0.29) is 0 Å². The summed E-state index contributed by atoms with van der Waals surface area (Å²) in [5, 5.41) is 10.3. The first-order chi connectivity index (χ1) is 11.7. The third-order valence-corrected chi connectivity index (χ3v) is 3.78. The van der Waals surface area contributed by atoms with Gasteiger partial charge in [-0.3, -0.25) is 19.1 Å². The number of hydrogen-bond donors (Lipinski definition) is 2. The van der Waals surface area contributed by atoms with E-state index in [2.05, 4.69) is 12.3 Å². The van der Waals surface area contributed by atoms with Crippen molar-refractivity contribution in [3.8, 4) is 0 Å². The minimum atomic E-state index is -2.56. The van der Waals surface area contributed by atoms with Gasteiger partial charge in [0.2, 0.25) is 5.67 Å². The van der Waals surface area contributed by atoms with Crippen molar-refractivity contribution in [3.05, 3.63) is 51.5 Å². The van der Waals surface area contributed by atoms with E-state index >= 15 is 4.39 Å². The van der Waals surface area contributed by atoms with Crippen LogP contribution in [0.25, 0.3) is 0 Å². The van der Waals surface area contributed by atoms with Gasteiger partial charge >= 0.3 is 11.7 Å². The number of carbonyl (C=O) groups excluding carboxylic acids is 1. The zero-order chi connectivity index (χ0) is 18.8. The molecule has 1 aliphatic heterocycles. The lowest BCUT2D eigenvalue weighted by atomic mass is 9.96. The fourth-order valence-corrected chi connectivity index (χ4v) is 2.44. The third-order valence-electron chi connectivity index (χ3n) is 3.78. The summed E-state index contributed by atoms with van der Waals surface area (Å²) in [4.78, 5) is 36.6. The normalized spacial score (nSPS) is 28.6. The maximum atomic E-state index is 15.3. The third kappa shape index (κ3) is 3.63. The van der Waals surface area contributed by atoms with Crippen molar-refractivity contribution in [3.63, 3.8) is 0 Å². The average molecular weight is 354 g/mol.